The lowest BCUT2D eigenvalue weighted by Crippen LogP contribution is -2.23. The summed E-state index contributed by atoms with van der Waals surface area (Å²) >= 11 is 0. The number of carbonyl (C=O) groups is 1. The molecule has 0 bridgehead atoms. The van der Waals surface area contributed by atoms with Gasteiger partial charge in [-0.2, -0.15) is 5.10 Å². The fraction of sp³-hybridized carbons (Fsp3) is 0.214. The van der Waals surface area contributed by atoms with Crippen LogP contribution >= 0.6 is 0 Å². The SMILES string of the molecule is Cc1[nH]cnc1/C=N\NC(=O)c1cccc(S(=O)(=O)N(C)C)c1. The molecule has 122 valence electrons. The maximum atomic E-state index is 12.1. The Morgan fingerprint density at radius 3 is 2.74 bits per heavy atom. The molecule has 2 N–H and O–H groups in total. The third-order valence-electron chi connectivity index (χ3n) is 3.10. The van der Waals surface area contributed by atoms with E-state index in [-0.39, 0.29) is 10.5 Å². The van der Waals surface area contributed by atoms with Crippen molar-refractivity contribution in [3.8, 4) is 0 Å². The zero-order chi connectivity index (χ0) is 17.0. The number of carbonyl (C=O) groups excluding carboxylic acids is 1. The summed E-state index contributed by atoms with van der Waals surface area (Å²) in [5.41, 5.74) is 3.97. The lowest BCUT2D eigenvalue weighted by molar-refractivity contribution is 0.0955. The maximum Gasteiger partial charge on any atom is 0.271 e. The quantitative estimate of drug-likeness (QED) is 0.620. The first-order chi connectivity index (χ1) is 10.8. The number of aryl methyl sites for hydroxylation is 1. The molecule has 0 saturated heterocycles. The monoisotopic (exact) mass is 335 g/mol. The van der Waals surface area contributed by atoms with E-state index < -0.39 is 15.9 Å². The van der Waals surface area contributed by atoms with Gasteiger partial charge in [0, 0.05) is 25.4 Å². The predicted molar refractivity (Wildman–Crippen MR) is 85.7 cm³/mol. The van der Waals surface area contributed by atoms with Crippen LogP contribution in [0.3, 0.4) is 0 Å². The van der Waals surface area contributed by atoms with E-state index in [1.54, 1.807) is 0 Å². The zero-order valence-electron chi connectivity index (χ0n) is 12.9. The summed E-state index contributed by atoms with van der Waals surface area (Å²) in [7, 11) is -0.735. The van der Waals surface area contributed by atoms with E-state index in [1.807, 2.05) is 6.92 Å². The largest absolute Gasteiger partial charge is 0.348 e. The van der Waals surface area contributed by atoms with Gasteiger partial charge in [0.15, 0.2) is 0 Å². The average molecular weight is 335 g/mol. The van der Waals surface area contributed by atoms with Crippen LogP contribution in [0.4, 0.5) is 0 Å². The number of hydrogen-bond acceptors (Lipinski definition) is 5. The van der Waals surface area contributed by atoms with Crippen molar-refractivity contribution < 1.29 is 13.2 Å². The van der Waals surface area contributed by atoms with E-state index in [0.29, 0.717) is 5.69 Å². The Morgan fingerprint density at radius 2 is 2.13 bits per heavy atom. The number of amides is 1. The number of imidazole rings is 1. The maximum absolute atomic E-state index is 12.1. The number of nitrogens with one attached hydrogen (secondary N) is 2. The molecule has 0 atom stereocenters. The molecule has 9 heteroatoms. The first-order valence-electron chi connectivity index (χ1n) is 6.68. The van der Waals surface area contributed by atoms with Gasteiger partial charge in [-0.1, -0.05) is 6.07 Å². The molecule has 1 aromatic carbocycles. The van der Waals surface area contributed by atoms with Crippen molar-refractivity contribution in [3.05, 3.63) is 47.5 Å². The van der Waals surface area contributed by atoms with Crippen LogP contribution in [-0.4, -0.2) is 48.9 Å². The minimum absolute atomic E-state index is 0.0438. The highest BCUT2D eigenvalue weighted by molar-refractivity contribution is 7.89. The minimum Gasteiger partial charge on any atom is -0.348 e. The van der Waals surface area contributed by atoms with Crippen molar-refractivity contribution in [3.63, 3.8) is 0 Å². The Bertz CT molecular complexity index is 840. The van der Waals surface area contributed by atoms with Crippen LogP contribution in [0.25, 0.3) is 0 Å². The number of H-pyrrole nitrogens is 1. The van der Waals surface area contributed by atoms with Crippen LogP contribution in [0, 0.1) is 6.92 Å². The summed E-state index contributed by atoms with van der Waals surface area (Å²) in [6.07, 6.45) is 2.93. The second kappa shape index (κ2) is 6.71. The third kappa shape index (κ3) is 3.82. The molecule has 2 rings (SSSR count). The van der Waals surface area contributed by atoms with Gasteiger partial charge >= 0.3 is 0 Å². The summed E-state index contributed by atoms with van der Waals surface area (Å²) in [6, 6.07) is 5.76. The molecule has 0 unspecified atom stereocenters. The molecule has 0 radical (unpaired) electrons. The highest BCUT2D eigenvalue weighted by Crippen LogP contribution is 2.14. The first kappa shape index (κ1) is 16.8. The van der Waals surface area contributed by atoms with E-state index in [9.17, 15) is 13.2 Å². The van der Waals surface area contributed by atoms with Gasteiger partial charge in [0.05, 0.1) is 17.4 Å². The summed E-state index contributed by atoms with van der Waals surface area (Å²) in [5, 5.41) is 3.81. The number of benzene rings is 1. The minimum atomic E-state index is -3.59. The standard InChI is InChI=1S/C14H17N5O3S/c1-10-13(16-9-15-10)8-17-18-14(20)11-5-4-6-12(7-11)23(21,22)19(2)3/h4-9H,1-3H3,(H,15,16)(H,18,20)/b17-8-. The number of nitrogens with zero attached hydrogens (tertiary/aromatic N) is 3. The molecule has 0 saturated carbocycles. The second-order valence-corrected chi connectivity index (χ2v) is 7.08. The predicted octanol–water partition coefficient (Wildman–Crippen LogP) is 0.732. The molecule has 8 nitrogen and oxygen atoms in total. The van der Waals surface area contributed by atoms with Crippen LogP contribution in [0.2, 0.25) is 0 Å². The van der Waals surface area contributed by atoms with E-state index >= 15 is 0 Å². The number of hydrazone groups is 1. The lowest BCUT2D eigenvalue weighted by atomic mass is 10.2. The number of rotatable bonds is 5. The van der Waals surface area contributed by atoms with Crippen molar-refractivity contribution >= 4 is 22.1 Å². The fourth-order valence-electron chi connectivity index (χ4n) is 1.72. The summed E-state index contributed by atoms with van der Waals surface area (Å²) in [5.74, 6) is -0.509. The first-order valence-corrected chi connectivity index (χ1v) is 8.12. The number of aromatic nitrogens is 2. The van der Waals surface area contributed by atoms with E-state index in [0.717, 1.165) is 10.00 Å². The molecule has 1 heterocycles. The van der Waals surface area contributed by atoms with Gasteiger partial charge < -0.3 is 4.98 Å². The lowest BCUT2D eigenvalue weighted by Gasteiger charge is -2.11. The normalized spacial score (nSPS) is 12.0. The van der Waals surface area contributed by atoms with Crippen LogP contribution in [0.5, 0.6) is 0 Å². The van der Waals surface area contributed by atoms with Crippen molar-refractivity contribution in [1.29, 1.82) is 0 Å². The van der Waals surface area contributed by atoms with E-state index in [4.69, 9.17) is 0 Å². The van der Waals surface area contributed by atoms with Gasteiger partial charge in [0.25, 0.3) is 5.91 Å². The number of hydrogen-bond donors (Lipinski definition) is 2. The third-order valence-corrected chi connectivity index (χ3v) is 4.91. The van der Waals surface area contributed by atoms with Crippen LogP contribution in [0.15, 0.2) is 40.6 Å². The van der Waals surface area contributed by atoms with Gasteiger partial charge in [0.1, 0.15) is 5.69 Å². The van der Waals surface area contributed by atoms with Crippen molar-refractivity contribution in [2.75, 3.05) is 14.1 Å². The Balaban J connectivity index is 2.15. The fourth-order valence-corrected chi connectivity index (χ4v) is 2.67. The Labute approximate surface area is 134 Å². The molecule has 2 aromatic rings. The molecule has 0 fully saturated rings. The topological polar surface area (TPSA) is 108 Å². The second-order valence-electron chi connectivity index (χ2n) is 4.93. The Morgan fingerprint density at radius 1 is 1.39 bits per heavy atom. The van der Waals surface area contributed by atoms with Crippen molar-refractivity contribution in [2.24, 2.45) is 5.10 Å². The molecular weight excluding hydrogens is 318 g/mol. The van der Waals surface area contributed by atoms with Gasteiger partial charge in [-0.3, -0.25) is 4.79 Å². The summed E-state index contributed by atoms with van der Waals surface area (Å²) in [4.78, 5) is 19.0. The van der Waals surface area contributed by atoms with Gasteiger partial charge in [-0.25, -0.2) is 23.1 Å². The molecule has 0 aliphatic rings. The van der Waals surface area contributed by atoms with Gasteiger partial charge in [-0.15, -0.1) is 0 Å². The van der Waals surface area contributed by atoms with Crippen LogP contribution < -0.4 is 5.43 Å². The van der Waals surface area contributed by atoms with E-state index in [2.05, 4.69) is 20.5 Å². The molecule has 0 aliphatic carbocycles. The van der Waals surface area contributed by atoms with Crippen molar-refractivity contribution in [1.82, 2.24) is 19.7 Å². The van der Waals surface area contributed by atoms with Crippen molar-refractivity contribution in [2.45, 2.75) is 11.8 Å². The molecule has 1 amide bonds. The van der Waals surface area contributed by atoms with Gasteiger partial charge in [-0.05, 0) is 25.1 Å². The molecule has 0 aliphatic heterocycles. The number of aromatic amines is 1. The smallest absolute Gasteiger partial charge is 0.271 e. The molecule has 1 aromatic heterocycles. The summed E-state index contributed by atoms with van der Waals surface area (Å²) < 4.78 is 25.2. The highest BCUT2D eigenvalue weighted by atomic mass is 32.2. The molecular formula is C14H17N5O3S. The molecule has 0 spiro atoms. The number of sulfonamides is 1. The molecule has 23 heavy (non-hydrogen) atoms. The van der Waals surface area contributed by atoms with Crippen LogP contribution in [-0.2, 0) is 10.0 Å². The summed E-state index contributed by atoms with van der Waals surface area (Å²) in [6.45, 7) is 1.83. The Hall–Kier alpha value is -2.52. The van der Waals surface area contributed by atoms with Gasteiger partial charge in [0.2, 0.25) is 10.0 Å². The zero-order valence-corrected chi connectivity index (χ0v) is 13.8. The van der Waals surface area contributed by atoms with Crippen LogP contribution in [0.1, 0.15) is 21.7 Å². The average Bonchev–Trinajstić information content (AvgIpc) is 2.92. The highest BCUT2D eigenvalue weighted by Gasteiger charge is 2.18. The Kier molecular flexibility index (Phi) is 4.92. The van der Waals surface area contributed by atoms with E-state index in [1.165, 1.54) is 50.9 Å².